The molecular formula is C42H42N8O11. The number of methoxy groups -OCH3 is 2. The molecule has 10 rings (SSSR count). The van der Waals surface area contributed by atoms with Gasteiger partial charge in [0.05, 0.1) is 46.7 Å². The molecule has 8 N–H and O–H groups in total. The van der Waals surface area contributed by atoms with Crippen molar-refractivity contribution in [2.45, 2.75) is 49.5 Å². The van der Waals surface area contributed by atoms with Crippen molar-refractivity contribution in [1.82, 2.24) is 20.4 Å². The van der Waals surface area contributed by atoms with Gasteiger partial charge in [-0.3, -0.25) is 19.2 Å². The van der Waals surface area contributed by atoms with Crippen LogP contribution in [0.25, 0.3) is 0 Å². The van der Waals surface area contributed by atoms with Gasteiger partial charge in [0.25, 0.3) is 0 Å². The summed E-state index contributed by atoms with van der Waals surface area (Å²) in [5.74, 6) is -2.04. The lowest BCUT2D eigenvalue weighted by atomic mass is 9.82. The van der Waals surface area contributed by atoms with Gasteiger partial charge in [-0.25, -0.2) is 9.59 Å². The minimum Gasteiger partial charge on any atom is -0.457 e. The highest BCUT2D eigenvalue weighted by Crippen LogP contribution is 2.57. The fourth-order valence-corrected chi connectivity index (χ4v) is 10.5. The van der Waals surface area contributed by atoms with Gasteiger partial charge >= 0.3 is 12.2 Å². The Morgan fingerprint density at radius 1 is 0.656 bits per heavy atom. The number of fused-ring (bicyclic) bond motifs is 8. The molecule has 6 heterocycles. The molecule has 8 atom stereocenters. The molecular weight excluding hydrogens is 793 g/mol. The van der Waals surface area contributed by atoms with Crippen molar-refractivity contribution in [2.75, 3.05) is 51.2 Å². The molecule has 0 bridgehead atoms. The summed E-state index contributed by atoms with van der Waals surface area (Å²) < 4.78 is 28.6. The van der Waals surface area contributed by atoms with Crippen molar-refractivity contribution in [1.29, 1.82) is 0 Å². The first-order valence-electron chi connectivity index (χ1n) is 19.8. The van der Waals surface area contributed by atoms with Crippen LogP contribution in [0.1, 0.15) is 13.8 Å². The topological polar surface area (TPSA) is 275 Å². The highest BCUT2D eigenvalue weighted by molar-refractivity contribution is 6.27. The molecule has 316 valence electrons. The highest BCUT2D eigenvalue weighted by Gasteiger charge is 2.74. The van der Waals surface area contributed by atoms with E-state index in [-0.39, 0.29) is 94.0 Å². The maximum Gasteiger partial charge on any atom is 0.404 e. The first-order valence-corrected chi connectivity index (χ1v) is 19.8. The van der Waals surface area contributed by atoms with Crippen molar-refractivity contribution in [2.24, 2.45) is 23.3 Å². The Morgan fingerprint density at radius 3 is 1.38 bits per heavy atom. The quantitative estimate of drug-likeness (QED) is 0.129. The van der Waals surface area contributed by atoms with Gasteiger partial charge in [0.2, 0.25) is 23.1 Å². The number of benzene rings is 2. The van der Waals surface area contributed by atoms with Gasteiger partial charge in [-0.1, -0.05) is 0 Å². The van der Waals surface area contributed by atoms with Gasteiger partial charge in [0.15, 0.2) is 11.4 Å². The molecule has 2 aliphatic carbocycles. The molecule has 0 radical (unpaired) electrons. The number of hydrogen-bond acceptors (Lipinski definition) is 17. The Hall–Kier alpha value is -6.54. The molecule has 2 aromatic carbocycles. The van der Waals surface area contributed by atoms with E-state index in [0.717, 1.165) is 0 Å². The number of piperazine rings is 2. The summed E-state index contributed by atoms with van der Waals surface area (Å²) in [5, 5.41) is 12.9. The largest absolute Gasteiger partial charge is 0.457 e. The normalized spacial score (nSPS) is 31.5. The molecule has 8 aliphatic rings. The number of nitrogens with two attached hydrogens (primary N) is 2. The molecule has 0 saturated carbocycles. The number of Topliss-reactive ketones (excluding diaryl/α,β-unsaturated/α-hetero) is 4. The summed E-state index contributed by atoms with van der Waals surface area (Å²) in [6, 6.07) is 13.4. The second-order valence-electron chi connectivity index (χ2n) is 16.2. The molecule has 0 aromatic heterocycles. The number of carbonyl (C=O) groups is 6. The van der Waals surface area contributed by atoms with Gasteiger partial charge in [-0.15, -0.1) is 0 Å². The average Bonchev–Trinajstić information content (AvgIpc) is 4.08. The summed E-state index contributed by atoms with van der Waals surface area (Å²) in [6.07, 6.45) is -2.00. The molecule has 61 heavy (non-hydrogen) atoms. The zero-order valence-corrected chi connectivity index (χ0v) is 33.5. The number of ether oxygens (including phenoxy) is 5. The van der Waals surface area contributed by atoms with E-state index in [1.165, 1.54) is 14.2 Å². The monoisotopic (exact) mass is 834 g/mol. The molecule has 2 amide bonds. The molecule has 4 fully saturated rings. The summed E-state index contributed by atoms with van der Waals surface area (Å²) in [7, 11) is 3.03. The third-order valence-corrected chi connectivity index (χ3v) is 13.3. The van der Waals surface area contributed by atoms with Gasteiger partial charge < -0.3 is 66.2 Å². The Kier molecular flexibility index (Phi) is 8.54. The van der Waals surface area contributed by atoms with Crippen LogP contribution in [-0.4, -0.2) is 121 Å². The predicted molar refractivity (Wildman–Crippen MR) is 212 cm³/mol. The van der Waals surface area contributed by atoms with Crippen molar-refractivity contribution in [3.05, 3.63) is 93.6 Å². The van der Waals surface area contributed by atoms with Gasteiger partial charge in [-0.2, -0.15) is 0 Å². The zero-order chi connectivity index (χ0) is 42.9. The SMILES string of the molecule is CO[C@@]12[C@H](COC(N)=O)C3=C(C(=O)C(C)=C(Nc4ccc(Oc5ccc(NC6=C(C)C(=O)C7=C(C6=O)[C@@H](COC(N)=O)[C@@]6(OC)[C@H]8NC8CN76)cc5)cc4)C3=O)N1CC1N[C@@H]12. The lowest BCUT2D eigenvalue weighted by molar-refractivity contribution is -0.137. The zero-order valence-electron chi connectivity index (χ0n) is 33.5. The van der Waals surface area contributed by atoms with E-state index in [9.17, 15) is 28.8 Å². The molecule has 2 aromatic rings. The fourth-order valence-electron chi connectivity index (χ4n) is 10.5. The van der Waals surface area contributed by atoms with Crippen LogP contribution in [-0.2, 0) is 38.1 Å². The van der Waals surface area contributed by atoms with Crippen LogP contribution in [0.5, 0.6) is 11.5 Å². The lowest BCUT2D eigenvalue weighted by Crippen LogP contribution is -2.55. The number of ketones is 4. The van der Waals surface area contributed by atoms with E-state index in [0.29, 0.717) is 36.0 Å². The van der Waals surface area contributed by atoms with Crippen molar-refractivity contribution in [3.8, 4) is 11.5 Å². The number of nitrogens with zero attached hydrogens (tertiary/aromatic N) is 2. The van der Waals surface area contributed by atoms with E-state index in [4.69, 9.17) is 35.2 Å². The number of primary amides is 2. The van der Waals surface area contributed by atoms with Crippen molar-refractivity contribution < 1.29 is 52.5 Å². The maximum atomic E-state index is 14.2. The first kappa shape index (κ1) is 38.6. The Morgan fingerprint density at radius 2 is 1.03 bits per heavy atom. The standard InChI is InChI=1S/C42H42N8O11/c1-17-29(35(53)27-23(15-59-39(43)55)41(57-3)37-25(47-37)13-49(41)31(27)33(17)51)45-19-5-9-21(10-6-19)61-22-11-7-20(8-12-22)46-30-18(2)34(52)32-28(36(30)54)24(16-60-40(44)56)42(58-4)38-26(48-38)14-50(32)42/h5-12,23-26,37-38,45-48H,13-16H2,1-4H3,(H2,43,55)(H2,44,56)/t23-,24-,25?,26?,37+,38+,41-,42-/m1/s1. The van der Waals surface area contributed by atoms with Crippen LogP contribution >= 0.6 is 0 Å². The smallest absolute Gasteiger partial charge is 0.404 e. The second kappa shape index (κ2) is 13.5. The third-order valence-electron chi connectivity index (χ3n) is 13.3. The summed E-state index contributed by atoms with van der Waals surface area (Å²) >= 11 is 0. The average molecular weight is 835 g/mol. The maximum absolute atomic E-state index is 14.2. The van der Waals surface area contributed by atoms with Gasteiger partial charge in [-0.05, 0) is 62.4 Å². The van der Waals surface area contributed by atoms with Crippen LogP contribution < -0.4 is 37.5 Å². The number of hydrogen-bond donors (Lipinski definition) is 6. The number of rotatable bonds is 12. The number of carbonyl (C=O) groups excluding carboxylic acids is 6. The molecule has 19 nitrogen and oxygen atoms in total. The molecule has 6 aliphatic heterocycles. The van der Waals surface area contributed by atoms with Crippen LogP contribution in [0.15, 0.2) is 93.6 Å². The number of nitrogens with one attached hydrogen (secondary N) is 4. The van der Waals surface area contributed by atoms with Crippen LogP contribution in [0.4, 0.5) is 21.0 Å². The number of anilines is 2. The minimum atomic E-state index is -1.09. The van der Waals surface area contributed by atoms with E-state index in [1.54, 1.807) is 62.4 Å². The fraction of sp³-hybridized carbons (Fsp3) is 0.381. The predicted octanol–water partition coefficient (Wildman–Crippen LogP) is 1.11. The molecule has 0 spiro atoms. The van der Waals surface area contributed by atoms with E-state index in [2.05, 4.69) is 21.3 Å². The summed E-state index contributed by atoms with van der Waals surface area (Å²) in [4.78, 5) is 83.3. The Bertz CT molecular complexity index is 2340. The Labute approximate surface area is 348 Å². The van der Waals surface area contributed by atoms with Crippen molar-refractivity contribution in [3.63, 3.8) is 0 Å². The minimum absolute atomic E-state index is 0.0745. The number of amides is 2. The first-order chi connectivity index (χ1) is 29.2. The summed E-state index contributed by atoms with van der Waals surface area (Å²) in [6.45, 7) is 3.63. The van der Waals surface area contributed by atoms with Gasteiger partial charge in [0.1, 0.15) is 24.7 Å². The van der Waals surface area contributed by atoms with E-state index in [1.807, 2.05) is 9.80 Å². The number of allylic oxidation sites excluding steroid dienone is 4. The summed E-state index contributed by atoms with van der Waals surface area (Å²) in [5.41, 5.74) is 11.1. The van der Waals surface area contributed by atoms with Gasteiger partial charge in [0, 0.05) is 73.1 Å². The highest BCUT2D eigenvalue weighted by atomic mass is 16.6. The molecule has 4 saturated heterocycles. The van der Waals surface area contributed by atoms with Crippen LogP contribution in [0, 0.1) is 11.8 Å². The Balaban J connectivity index is 0.824. The molecule has 19 heteroatoms. The lowest BCUT2D eigenvalue weighted by Gasteiger charge is -2.39. The van der Waals surface area contributed by atoms with E-state index >= 15 is 0 Å². The van der Waals surface area contributed by atoms with Crippen molar-refractivity contribution >= 4 is 46.7 Å². The second-order valence-corrected chi connectivity index (χ2v) is 16.2. The van der Waals surface area contributed by atoms with Crippen LogP contribution in [0.2, 0.25) is 0 Å². The van der Waals surface area contributed by atoms with E-state index < -0.39 is 47.0 Å². The van der Waals surface area contributed by atoms with Crippen LogP contribution in [0.3, 0.4) is 0 Å². The molecule has 2 unspecified atom stereocenters. The third kappa shape index (κ3) is 5.43.